The topological polar surface area (TPSA) is 83.5 Å². The van der Waals surface area contributed by atoms with Gasteiger partial charge in [-0.3, -0.25) is 9.00 Å². The highest BCUT2D eigenvalue weighted by Gasteiger charge is 2.22. The molecule has 1 amide bonds. The Balaban J connectivity index is 2.06. The van der Waals surface area contributed by atoms with Crippen molar-refractivity contribution in [2.75, 3.05) is 19.4 Å². The Morgan fingerprint density at radius 3 is 2.23 bits per heavy atom. The summed E-state index contributed by atoms with van der Waals surface area (Å²) in [6, 6.07) is 13.9. The molecule has 0 saturated heterocycles. The van der Waals surface area contributed by atoms with Gasteiger partial charge in [0.15, 0.2) is 0 Å². The van der Waals surface area contributed by atoms with Crippen molar-refractivity contribution in [2.24, 2.45) is 0 Å². The first-order chi connectivity index (χ1) is 13.8. The van der Waals surface area contributed by atoms with E-state index in [0.29, 0.717) is 11.3 Å². The van der Waals surface area contributed by atoms with Gasteiger partial charge in [-0.2, -0.15) is 0 Å². The van der Waals surface area contributed by atoms with Crippen LogP contribution in [0.4, 0.5) is 5.69 Å². The predicted octanol–water partition coefficient (Wildman–Crippen LogP) is 3.51. The molecule has 0 bridgehead atoms. The second kappa shape index (κ2) is 9.41. The zero-order valence-corrected chi connectivity index (χ0v) is 19.9. The summed E-state index contributed by atoms with van der Waals surface area (Å²) in [5.41, 5.74) is 2.43. The Labute approximate surface area is 182 Å². The van der Waals surface area contributed by atoms with Crippen molar-refractivity contribution < 1.29 is 17.4 Å². The average molecular weight is 451 g/mol. The molecule has 0 spiro atoms. The molecule has 164 valence electrons. The minimum Gasteiger partial charge on any atom is -0.325 e. The third kappa shape index (κ3) is 6.00. The molecule has 2 aromatic rings. The molecule has 1 N–H and O–H groups in total. The zero-order chi connectivity index (χ0) is 22.7. The average Bonchev–Trinajstić information content (AvgIpc) is 2.67. The number of nitrogens with one attached hydrogen (secondary N) is 1. The summed E-state index contributed by atoms with van der Waals surface area (Å²) >= 11 is 0. The SMILES string of the molecule is CC(C(=O)Nc1ccc(C(C)(C)C)cc1)S(=O)Cc1cccc(S(=O)(=O)N(C)C)c1. The molecule has 0 aliphatic carbocycles. The van der Waals surface area contributed by atoms with Crippen LogP contribution < -0.4 is 5.32 Å². The van der Waals surface area contributed by atoms with E-state index in [-0.39, 0.29) is 22.0 Å². The number of carbonyl (C=O) groups excluding carboxylic acids is 1. The molecule has 0 heterocycles. The largest absolute Gasteiger partial charge is 0.325 e. The summed E-state index contributed by atoms with van der Waals surface area (Å²) in [6.07, 6.45) is 0. The van der Waals surface area contributed by atoms with E-state index in [9.17, 15) is 17.4 Å². The maximum absolute atomic E-state index is 12.7. The molecule has 0 fully saturated rings. The standard InChI is InChI=1S/C22H30N2O4S2/c1-16(21(25)23-19-12-10-18(11-13-19)22(2,3)4)29(26)15-17-8-7-9-20(14-17)30(27,28)24(5)6/h7-14,16H,15H2,1-6H3,(H,23,25). The van der Waals surface area contributed by atoms with Gasteiger partial charge in [-0.15, -0.1) is 0 Å². The molecule has 0 radical (unpaired) electrons. The van der Waals surface area contributed by atoms with Crippen LogP contribution in [0.25, 0.3) is 0 Å². The maximum Gasteiger partial charge on any atom is 0.242 e. The van der Waals surface area contributed by atoms with Crippen molar-refractivity contribution in [3.05, 3.63) is 59.7 Å². The first-order valence-corrected chi connectivity index (χ1v) is 12.4. The molecule has 8 heteroatoms. The molecule has 2 rings (SSSR count). The van der Waals surface area contributed by atoms with Crippen LogP contribution in [0.3, 0.4) is 0 Å². The summed E-state index contributed by atoms with van der Waals surface area (Å²) in [4.78, 5) is 12.7. The van der Waals surface area contributed by atoms with E-state index in [1.54, 1.807) is 19.1 Å². The van der Waals surface area contributed by atoms with Crippen molar-refractivity contribution in [3.8, 4) is 0 Å². The third-order valence-electron chi connectivity index (χ3n) is 4.77. The quantitative estimate of drug-likeness (QED) is 0.700. The highest BCUT2D eigenvalue weighted by atomic mass is 32.2. The Morgan fingerprint density at radius 1 is 1.10 bits per heavy atom. The summed E-state index contributed by atoms with van der Waals surface area (Å²) in [6.45, 7) is 7.95. The van der Waals surface area contributed by atoms with E-state index >= 15 is 0 Å². The maximum atomic E-state index is 12.7. The van der Waals surface area contributed by atoms with E-state index in [1.807, 2.05) is 24.3 Å². The van der Waals surface area contributed by atoms with Crippen LogP contribution in [-0.2, 0) is 36.8 Å². The number of nitrogens with zero attached hydrogens (tertiary/aromatic N) is 1. The first kappa shape index (κ1) is 24.2. The lowest BCUT2D eigenvalue weighted by molar-refractivity contribution is -0.115. The van der Waals surface area contributed by atoms with Crippen LogP contribution in [0.15, 0.2) is 53.4 Å². The number of hydrogen-bond acceptors (Lipinski definition) is 4. The van der Waals surface area contributed by atoms with Gasteiger partial charge in [0.2, 0.25) is 15.9 Å². The second-order valence-corrected chi connectivity index (χ2v) is 12.3. The van der Waals surface area contributed by atoms with Gasteiger partial charge in [-0.25, -0.2) is 12.7 Å². The van der Waals surface area contributed by atoms with E-state index in [2.05, 4.69) is 26.1 Å². The van der Waals surface area contributed by atoms with Crippen LogP contribution in [-0.4, -0.2) is 42.2 Å². The number of benzene rings is 2. The second-order valence-electron chi connectivity index (χ2n) is 8.42. The molecule has 0 aromatic heterocycles. The monoisotopic (exact) mass is 450 g/mol. The zero-order valence-electron chi connectivity index (χ0n) is 18.3. The Hall–Kier alpha value is -2.03. The minimum absolute atomic E-state index is 0.0198. The molecular weight excluding hydrogens is 420 g/mol. The van der Waals surface area contributed by atoms with Crippen LogP contribution in [0.1, 0.15) is 38.8 Å². The van der Waals surface area contributed by atoms with E-state index in [4.69, 9.17) is 0 Å². The fourth-order valence-corrected chi connectivity index (χ4v) is 4.74. The fourth-order valence-electron chi connectivity index (χ4n) is 2.71. The van der Waals surface area contributed by atoms with E-state index in [0.717, 1.165) is 9.87 Å². The van der Waals surface area contributed by atoms with Crippen molar-refractivity contribution in [2.45, 2.75) is 49.0 Å². The van der Waals surface area contributed by atoms with Crippen LogP contribution >= 0.6 is 0 Å². The van der Waals surface area contributed by atoms with Gasteiger partial charge in [-0.05, 0) is 47.7 Å². The normalized spacial score (nSPS) is 14.4. The van der Waals surface area contributed by atoms with E-state index in [1.165, 1.54) is 26.2 Å². The molecule has 0 saturated carbocycles. The van der Waals surface area contributed by atoms with Crippen LogP contribution in [0.5, 0.6) is 0 Å². The number of carbonyl (C=O) groups is 1. The van der Waals surface area contributed by atoms with Gasteiger partial charge in [-0.1, -0.05) is 45.0 Å². The molecule has 6 nitrogen and oxygen atoms in total. The van der Waals surface area contributed by atoms with Crippen LogP contribution in [0.2, 0.25) is 0 Å². The lowest BCUT2D eigenvalue weighted by Gasteiger charge is -2.19. The lowest BCUT2D eigenvalue weighted by Crippen LogP contribution is -2.29. The number of sulfonamides is 1. The van der Waals surface area contributed by atoms with Gasteiger partial charge in [0.05, 0.1) is 4.90 Å². The number of hydrogen-bond donors (Lipinski definition) is 1. The van der Waals surface area contributed by atoms with Gasteiger partial charge in [0.1, 0.15) is 5.25 Å². The molecular formula is C22H30N2O4S2. The molecule has 0 aliphatic rings. The fraction of sp³-hybridized carbons (Fsp3) is 0.409. The molecule has 2 atom stereocenters. The lowest BCUT2D eigenvalue weighted by atomic mass is 9.87. The third-order valence-corrected chi connectivity index (χ3v) is 8.20. The summed E-state index contributed by atoms with van der Waals surface area (Å²) in [7, 11) is -2.16. The Kier molecular flexibility index (Phi) is 7.60. The minimum atomic E-state index is -3.57. The predicted molar refractivity (Wildman–Crippen MR) is 122 cm³/mol. The highest BCUT2D eigenvalue weighted by molar-refractivity contribution is 7.89. The summed E-state index contributed by atoms with van der Waals surface area (Å²) < 4.78 is 38.4. The van der Waals surface area contributed by atoms with Crippen molar-refractivity contribution in [1.29, 1.82) is 0 Å². The molecule has 30 heavy (non-hydrogen) atoms. The van der Waals surface area contributed by atoms with Crippen molar-refractivity contribution in [1.82, 2.24) is 4.31 Å². The first-order valence-electron chi connectivity index (χ1n) is 9.62. The summed E-state index contributed by atoms with van der Waals surface area (Å²) in [5.74, 6) is -0.247. The molecule has 2 aromatic carbocycles. The number of rotatable bonds is 7. The molecule has 0 aliphatic heterocycles. The van der Waals surface area contributed by atoms with Gasteiger partial charge < -0.3 is 5.32 Å². The van der Waals surface area contributed by atoms with Crippen molar-refractivity contribution >= 4 is 32.4 Å². The number of anilines is 1. The smallest absolute Gasteiger partial charge is 0.242 e. The Bertz CT molecular complexity index is 1020. The summed E-state index contributed by atoms with van der Waals surface area (Å²) in [5, 5.41) is 2.05. The van der Waals surface area contributed by atoms with Gasteiger partial charge in [0.25, 0.3) is 0 Å². The van der Waals surface area contributed by atoms with Crippen LogP contribution in [0, 0.1) is 0 Å². The molecule has 2 unspecified atom stereocenters. The Morgan fingerprint density at radius 2 is 1.70 bits per heavy atom. The highest BCUT2D eigenvalue weighted by Crippen LogP contribution is 2.24. The van der Waals surface area contributed by atoms with Gasteiger partial charge in [0, 0.05) is 36.3 Å². The number of amides is 1. The van der Waals surface area contributed by atoms with Gasteiger partial charge >= 0.3 is 0 Å². The van der Waals surface area contributed by atoms with E-state index < -0.39 is 26.1 Å². The van der Waals surface area contributed by atoms with Crippen molar-refractivity contribution in [3.63, 3.8) is 0 Å².